The van der Waals surface area contributed by atoms with Crippen molar-refractivity contribution in [1.29, 1.82) is 0 Å². The van der Waals surface area contributed by atoms with E-state index >= 15 is 0 Å². The lowest BCUT2D eigenvalue weighted by Crippen LogP contribution is -2.28. The molecule has 0 aliphatic carbocycles. The summed E-state index contributed by atoms with van der Waals surface area (Å²) < 4.78 is 12.3. The number of anilines is 1. The number of ether oxygens (including phenoxy) is 2. The van der Waals surface area contributed by atoms with Gasteiger partial charge in [0.25, 0.3) is 0 Å². The molecule has 0 atom stereocenters. The minimum absolute atomic E-state index is 0.630. The van der Waals surface area contributed by atoms with Gasteiger partial charge in [0.05, 0.1) is 19.9 Å². The molecule has 1 aromatic carbocycles. The van der Waals surface area contributed by atoms with E-state index < -0.39 is 0 Å². The molecule has 0 radical (unpaired) electrons. The molecular weight excluding hydrogens is 306 g/mol. The predicted octanol–water partition coefficient (Wildman–Crippen LogP) is 2.27. The van der Waals surface area contributed by atoms with Crippen molar-refractivity contribution in [1.82, 2.24) is 19.6 Å². The van der Waals surface area contributed by atoms with E-state index in [9.17, 15) is 0 Å². The van der Waals surface area contributed by atoms with E-state index in [1.54, 1.807) is 31.3 Å². The maximum atomic E-state index is 5.30. The third-order valence-corrected chi connectivity index (χ3v) is 3.84. The van der Waals surface area contributed by atoms with Gasteiger partial charge >= 0.3 is 0 Å². The fourth-order valence-corrected chi connectivity index (χ4v) is 2.54. The van der Waals surface area contributed by atoms with Crippen molar-refractivity contribution in [2.75, 3.05) is 38.8 Å². The number of hydrogen-bond acceptors (Lipinski definition) is 6. The highest BCUT2D eigenvalue weighted by atomic mass is 16.5. The van der Waals surface area contributed by atoms with Crippen molar-refractivity contribution >= 4 is 11.3 Å². The lowest BCUT2D eigenvalue weighted by Gasteiger charge is -2.22. The number of rotatable bonds is 7. The van der Waals surface area contributed by atoms with E-state index in [0.29, 0.717) is 12.4 Å². The van der Waals surface area contributed by atoms with Crippen molar-refractivity contribution in [2.45, 2.75) is 6.92 Å². The molecule has 3 rings (SSSR count). The first-order valence-electron chi connectivity index (χ1n) is 7.85. The van der Waals surface area contributed by atoms with Gasteiger partial charge in [-0.25, -0.2) is 14.5 Å². The molecule has 0 aliphatic rings. The molecule has 0 amide bonds. The molecular formula is C17H21N5O2. The van der Waals surface area contributed by atoms with Crippen LogP contribution in [-0.4, -0.2) is 53.5 Å². The van der Waals surface area contributed by atoms with Gasteiger partial charge in [-0.05, 0) is 19.1 Å². The Bertz CT molecular complexity index is 818. The van der Waals surface area contributed by atoms with Crippen LogP contribution in [-0.2, 0) is 4.74 Å². The van der Waals surface area contributed by atoms with Gasteiger partial charge in [0.15, 0.2) is 11.6 Å². The normalized spacial score (nSPS) is 11.0. The van der Waals surface area contributed by atoms with Crippen LogP contribution in [0.15, 0.2) is 36.8 Å². The first kappa shape index (κ1) is 16.2. The highest BCUT2D eigenvalue weighted by molar-refractivity contribution is 5.71. The van der Waals surface area contributed by atoms with Crippen LogP contribution >= 0.6 is 0 Å². The predicted molar refractivity (Wildman–Crippen MR) is 92.5 cm³/mol. The Morgan fingerprint density at radius 1 is 1.25 bits per heavy atom. The van der Waals surface area contributed by atoms with Gasteiger partial charge in [-0.2, -0.15) is 0 Å². The Morgan fingerprint density at radius 2 is 2.12 bits per heavy atom. The summed E-state index contributed by atoms with van der Waals surface area (Å²) in [5.74, 6) is 2.25. The monoisotopic (exact) mass is 327 g/mol. The maximum absolute atomic E-state index is 5.30. The van der Waals surface area contributed by atoms with E-state index in [0.717, 1.165) is 35.7 Å². The van der Waals surface area contributed by atoms with Crippen molar-refractivity contribution in [3.63, 3.8) is 0 Å². The van der Waals surface area contributed by atoms with Crippen LogP contribution in [0.1, 0.15) is 6.92 Å². The highest BCUT2D eigenvalue weighted by Gasteiger charge is 2.15. The topological polar surface area (TPSA) is 64.8 Å². The van der Waals surface area contributed by atoms with Crippen LogP contribution in [0.3, 0.4) is 0 Å². The second-order valence-corrected chi connectivity index (χ2v) is 5.29. The van der Waals surface area contributed by atoms with Crippen molar-refractivity contribution < 1.29 is 9.47 Å². The lowest BCUT2D eigenvalue weighted by atomic mass is 10.2. The molecule has 2 aromatic heterocycles. The summed E-state index contributed by atoms with van der Waals surface area (Å²) in [5, 5.41) is 4.57. The Kier molecular flexibility index (Phi) is 4.90. The molecule has 0 fully saturated rings. The van der Waals surface area contributed by atoms with Gasteiger partial charge in [0, 0.05) is 25.8 Å². The average Bonchev–Trinajstić information content (AvgIpc) is 3.11. The van der Waals surface area contributed by atoms with Gasteiger partial charge in [-0.1, -0.05) is 12.1 Å². The Morgan fingerprint density at radius 3 is 2.88 bits per heavy atom. The van der Waals surface area contributed by atoms with Gasteiger partial charge in [-0.3, -0.25) is 0 Å². The number of likely N-dealkylation sites (N-methyl/N-ethyl adjacent to an activating group) is 1. The molecule has 7 heteroatoms. The van der Waals surface area contributed by atoms with Crippen LogP contribution in [0.4, 0.5) is 5.82 Å². The number of aromatic nitrogens is 4. The van der Waals surface area contributed by atoms with Crippen LogP contribution < -0.4 is 9.64 Å². The molecule has 0 saturated carbocycles. The van der Waals surface area contributed by atoms with E-state index in [4.69, 9.17) is 14.5 Å². The van der Waals surface area contributed by atoms with Crippen molar-refractivity contribution in [3.05, 3.63) is 36.8 Å². The quantitative estimate of drug-likeness (QED) is 0.663. The average molecular weight is 327 g/mol. The Labute approximate surface area is 140 Å². The summed E-state index contributed by atoms with van der Waals surface area (Å²) in [5.41, 5.74) is 1.77. The zero-order valence-electron chi connectivity index (χ0n) is 14.1. The van der Waals surface area contributed by atoms with Crippen LogP contribution in [0.25, 0.3) is 16.9 Å². The zero-order valence-corrected chi connectivity index (χ0v) is 14.1. The maximum Gasteiger partial charge on any atom is 0.182 e. The second-order valence-electron chi connectivity index (χ2n) is 5.29. The largest absolute Gasteiger partial charge is 0.497 e. The molecule has 7 nitrogen and oxygen atoms in total. The summed E-state index contributed by atoms with van der Waals surface area (Å²) in [4.78, 5) is 11.1. The lowest BCUT2D eigenvalue weighted by molar-refractivity contribution is 0.205. The number of methoxy groups -OCH3 is 2. The van der Waals surface area contributed by atoms with Crippen LogP contribution in [0, 0.1) is 0 Å². The first-order chi connectivity index (χ1) is 11.8. The van der Waals surface area contributed by atoms with Gasteiger partial charge in [-0.15, -0.1) is 5.10 Å². The van der Waals surface area contributed by atoms with Gasteiger partial charge in [0.2, 0.25) is 0 Å². The fourth-order valence-electron chi connectivity index (χ4n) is 2.54. The summed E-state index contributed by atoms with van der Waals surface area (Å²) in [7, 11) is 3.35. The molecule has 0 aliphatic heterocycles. The van der Waals surface area contributed by atoms with Crippen LogP contribution in [0.2, 0.25) is 0 Å². The molecule has 2 heterocycles. The number of nitrogens with zero attached hydrogens (tertiary/aromatic N) is 5. The standard InChI is InChI=1S/C17H21N5O2/c1-4-21(8-9-23-2)17-15-11-18-12-22(15)20-16(19-17)13-6-5-7-14(10-13)24-3/h5-7,10-12H,4,8-9H2,1-3H3. The smallest absolute Gasteiger partial charge is 0.182 e. The fraction of sp³-hybridized carbons (Fsp3) is 0.353. The summed E-state index contributed by atoms with van der Waals surface area (Å²) >= 11 is 0. The molecule has 126 valence electrons. The zero-order chi connectivity index (χ0) is 16.9. The molecule has 3 aromatic rings. The first-order valence-corrected chi connectivity index (χ1v) is 7.85. The molecule has 0 N–H and O–H groups in total. The summed E-state index contributed by atoms with van der Waals surface area (Å²) in [6.07, 6.45) is 3.47. The van der Waals surface area contributed by atoms with E-state index in [1.165, 1.54) is 0 Å². The van der Waals surface area contributed by atoms with E-state index in [1.807, 2.05) is 24.3 Å². The van der Waals surface area contributed by atoms with Gasteiger partial charge in [0.1, 0.15) is 17.6 Å². The SMILES string of the molecule is CCN(CCOC)c1nc(-c2cccc(OC)c2)nn2cncc12. The summed E-state index contributed by atoms with van der Waals surface area (Å²) in [6.45, 7) is 4.30. The van der Waals surface area contributed by atoms with Crippen LogP contribution in [0.5, 0.6) is 5.75 Å². The molecule has 0 unspecified atom stereocenters. The Hall–Kier alpha value is -2.67. The van der Waals surface area contributed by atoms with Crippen molar-refractivity contribution in [3.8, 4) is 17.1 Å². The minimum atomic E-state index is 0.630. The Balaban J connectivity index is 2.09. The number of imidazole rings is 1. The molecule has 0 spiro atoms. The molecule has 24 heavy (non-hydrogen) atoms. The second kappa shape index (κ2) is 7.27. The third kappa shape index (κ3) is 3.16. The third-order valence-electron chi connectivity index (χ3n) is 3.84. The summed E-state index contributed by atoms with van der Waals surface area (Å²) in [6, 6.07) is 7.72. The van der Waals surface area contributed by atoms with Crippen molar-refractivity contribution in [2.24, 2.45) is 0 Å². The molecule has 0 bridgehead atoms. The van der Waals surface area contributed by atoms with Gasteiger partial charge < -0.3 is 14.4 Å². The van der Waals surface area contributed by atoms with E-state index in [2.05, 4.69) is 21.9 Å². The van der Waals surface area contributed by atoms with E-state index in [-0.39, 0.29) is 0 Å². The minimum Gasteiger partial charge on any atom is -0.497 e. The molecule has 0 saturated heterocycles. The number of fused-ring (bicyclic) bond motifs is 1. The number of benzene rings is 1. The number of hydrogen-bond donors (Lipinski definition) is 0. The highest BCUT2D eigenvalue weighted by Crippen LogP contribution is 2.25.